The SMILES string of the molecule is COc1ccc(C(=Cc2ccc(N)cc2)c2ccc(OC)cc2)cc1. The molecule has 0 fully saturated rings. The summed E-state index contributed by atoms with van der Waals surface area (Å²) in [4.78, 5) is 0. The Kier molecular flexibility index (Phi) is 5.05. The Morgan fingerprint density at radius 2 is 1.12 bits per heavy atom. The molecule has 0 radical (unpaired) electrons. The normalized spacial score (nSPS) is 10.2. The van der Waals surface area contributed by atoms with Crippen molar-refractivity contribution in [2.75, 3.05) is 20.0 Å². The second-order valence-corrected chi connectivity index (χ2v) is 5.68. The smallest absolute Gasteiger partial charge is 0.118 e. The summed E-state index contributed by atoms with van der Waals surface area (Å²) in [6, 6.07) is 24.0. The zero-order chi connectivity index (χ0) is 17.6. The lowest BCUT2D eigenvalue weighted by Crippen LogP contribution is -1.91. The quantitative estimate of drug-likeness (QED) is 0.535. The monoisotopic (exact) mass is 331 g/mol. The Bertz CT molecular complexity index is 799. The molecular weight excluding hydrogens is 310 g/mol. The van der Waals surface area contributed by atoms with Gasteiger partial charge in [-0.1, -0.05) is 36.4 Å². The van der Waals surface area contributed by atoms with E-state index in [1.54, 1.807) is 14.2 Å². The third-order valence-corrected chi connectivity index (χ3v) is 4.05. The second kappa shape index (κ2) is 7.58. The van der Waals surface area contributed by atoms with E-state index in [0.717, 1.165) is 39.4 Å². The molecule has 0 aliphatic heterocycles. The molecule has 25 heavy (non-hydrogen) atoms. The molecule has 0 atom stereocenters. The van der Waals surface area contributed by atoms with Crippen molar-refractivity contribution in [1.82, 2.24) is 0 Å². The minimum atomic E-state index is 0.757. The molecule has 2 N–H and O–H groups in total. The van der Waals surface area contributed by atoms with Crippen molar-refractivity contribution in [3.05, 3.63) is 89.5 Å². The average Bonchev–Trinajstić information content (AvgIpc) is 2.68. The maximum absolute atomic E-state index is 5.80. The highest BCUT2D eigenvalue weighted by atomic mass is 16.5. The van der Waals surface area contributed by atoms with Gasteiger partial charge in [0.1, 0.15) is 11.5 Å². The van der Waals surface area contributed by atoms with Gasteiger partial charge in [0.25, 0.3) is 0 Å². The largest absolute Gasteiger partial charge is 0.497 e. The standard InChI is InChI=1S/C22H21NO2/c1-24-20-11-5-17(6-12-20)22(15-16-3-9-19(23)10-4-16)18-7-13-21(25-2)14-8-18/h3-15H,23H2,1-2H3. The number of ether oxygens (including phenoxy) is 2. The van der Waals surface area contributed by atoms with Crippen LogP contribution in [-0.4, -0.2) is 14.2 Å². The minimum Gasteiger partial charge on any atom is -0.497 e. The van der Waals surface area contributed by atoms with E-state index in [1.807, 2.05) is 48.5 Å². The molecule has 0 heterocycles. The third kappa shape index (κ3) is 4.01. The number of hydrogen-bond donors (Lipinski definition) is 1. The maximum Gasteiger partial charge on any atom is 0.118 e. The topological polar surface area (TPSA) is 44.5 Å². The first-order valence-corrected chi connectivity index (χ1v) is 8.05. The van der Waals surface area contributed by atoms with Gasteiger partial charge < -0.3 is 15.2 Å². The zero-order valence-electron chi connectivity index (χ0n) is 14.4. The van der Waals surface area contributed by atoms with Crippen molar-refractivity contribution in [3.63, 3.8) is 0 Å². The first-order valence-electron chi connectivity index (χ1n) is 8.05. The van der Waals surface area contributed by atoms with Crippen molar-refractivity contribution in [1.29, 1.82) is 0 Å². The van der Waals surface area contributed by atoms with Crippen LogP contribution in [0.2, 0.25) is 0 Å². The van der Waals surface area contributed by atoms with E-state index in [0.29, 0.717) is 0 Å². The van der Waals surface area contributed by atoms with Gasteiger partial charge in [-0.15, -0.1) is 0 Å². The average molecular weight is 331 g/mol. The van der Waals surface area contributed by atoms with Crippen LogP contribution in [0.1, 0.15) is 16.7 Å². The molecule has 0 aliphatic rings. The van der Waals surface area contributed by atoms with Gasteiger partial charge in [0.2, 0.25) is 0 Å². The van der Waals surface area contributed by atoms with Crippen molar-refractivity contribution in [2.45, 2.75) is 0 Å². The molecule has 0 aliphatic carbocycles. The summed E-state index contributed by atoms with van der Waals surface area (Å²) in [7, 11) is 3.34. The molecule has 3 rings (SSSR count). The fourth-order valence-corrected chi connectivity index (χ4v) is 2.63. The van der Waals surface area contributed by atoms with Crippen molar-refractivity contribution >= 4 is 17.3 Å². The molecule has 3 nitrogen and oxygen atoms in total. The number of nitrogens with two attached hydrogens (primary N) is 1. The molecule has 0 saturated heterocycles. The predicted molar refractivity (Wildman–Crippen MR) is 104 cm³/mol. The molecule has 0 unspecified atom stereocenters. The maximum atomic E-state index is 5.80. The van der Waals surface area contributed by atoms with Crippen LogP contribution in [-0.2, 0) is 0 Å². The van der Waals surface area contributed by atoms with Crippen molar-refractivity contribution in [2.24, 2.45) is 0 Å². The molecule has 3 heteroatoms. The summed E-state index contributed by atoms with van der Waals surface area (Å²) >= 11 is 0. The van der Waals surface area contributed by atoms with Crippen LogP contribution in [0.15, 0.2) is 72.8 Å². The van der Waals surface area contributed by atoms with Gasteiger partial charge in [0, 0.05) is 5.69 Å². The first kappa shape index (κ1) is 16.7. The minimum absolute atomic E-state index is 0.757. The molecule has 126 valence electrons. The summed E-state index contributed by atoms with van der Waals surface area (Å²) < 4.78 is 10.5. The molecule has 0 amide bonds. The highest BCUT2D eigenvalue weighted by Crippen LogP contribution is 2.29. The summed E-state index contributed by atoms with van der Waals surface area (Å²) in [5, 5.41) is 0. The molecule has 0 aromatic heterocycles. The van der Waals surface area contributed by atoms with E-state index in [1.165, 1.54) is 0 Å². The summed E-state index contributed by atoms with van der Waals surface area (Å²) in [6.07, 6.45) is 2.16. The lowest BCUT2D eigenvalue weighted by atomic mass is 9.95. The third-order valence-electron chi connectivity index (χ3n) is 4.05. The van der Waals surface area contributed by atoms with Crippen molar-refractivity contribution in [3.8, 4) is 11.5 Å². The van der Waals surface area contributed by atoms with Gasteiger partial charge in [0.05, 0.1) is 14.2 Å². The van der Waals surface area contributed by atoms with E-state index in [9.17, 15) is 0 Å². The number of anilines is 1. The summed E-state index contributed by atoms with van der Waals surface area (Å²) in [5.41, 5.74) is 11.0. The van der Waals surface area contributed by atoms with E-state index < -0.39 is 0 Å². The number of rotatable bonds is 5. The fraction of sp³-hybridized carbons (Fsp3) is 0.0909. The Morgan fingerprint density at radius 1 is 0.680 bits per heavy atom. The number of methoxy groups -OCH3 is 2. The van der Waals surface area contributed by atoms with Crippen molar-refractivity contribution < 1.29 is 9.47 Å². The molecule has 3 aromatic carbocycles. The van der Waals surface area contributed by atoms with Gasteiger partial charge in [-0.2, -0.15) is 0 Å². The van der Waals surface area contributed by atoms with Gasteiger partial charge in [-0.25, -0.2) is 0 Å². The molecule has 0 spiro atoms. The molecule has 3 aromatic rings. The van der Waals surface area contributed by atoms with E-state index in [-0.39, 0.29) is 0 Å². The predicted octanol–water partition coefficient (Wildman–Crippen LogP) is 4.87. The Labute approximate surface area is 148 Å². The zero-order valence-corrected chi connectivity index (χ0v) is 14.4. The number of benzene rings is 3. The van der Waals surface area contributed by atoms with Crippen LogP contribution < -0.4 is 15.2 Å². The van der Waals surface area contributed by atoms with Crippen LogP contribution in [0.25, 0.3) is 11.6 Å². The highest BCUT2D eigenvalue weighted by molar-refractivity contribution is 5.91. The summed E-state index contributed by atoms with van der Waals surface area (Å²) in [5.74, 6) is 1.68. The van der Waals surface area contributed by atoms with Gasteiger partial charge in [0.15, 0.2) is 0 Å². The van der Waals surface area contributed by atoms with Crippen LogP contribution in [0.3, 0.4) is 0 Å². The van der Waals surface area contributed by atoms with Crippen LogP contribution in [0.4, 0.5) is 5.69 Å². The first-order chi connectivity index (χ1) is 12.2. The lowest BCUT2D eigenvalue weighted by molar-refractivity contribution is 0.414. The van der Waals surface area contributed by atoms with Gasteiger partial charge >= 0.3 is 0 Å². The Balaban J connectivity index is 2.07. The van der Waals surface area contributed by atoms with Crippen LogP contribution in [0, 0.1) is 0 Å². The molecular formula is C22H21NO2. The number of nitrogen functional groups attached to an aromatic ring is 1. The highest BCUT2D eigenvalue weighted by Gasteiger charge is 2.07. The number of hydrogen-bond acceptors (Lipinski definition) is 3. The lowest BCUT2D eigenvalue weighted by Gasteiger charge is -2.11. The van der Waals surface area contributed by atoms with Gasteiger partial charge in [-0.3, -0.25) is 0 Å². The van der Waals surface area contributed by atoms with Crippen LogP contribution >= 0.6 is 0 Å². The second-order valence-electron chi connectivity index (χ2n) is 5.68. The van der Waals surface area contributed by atoms with Crippen LogP contribution in [0.5, 0.6) is 11.5 Å². The van der Waals surface area contributed by atoms with E-state index >= 15 is 0 Å². The van der Waals surface area contributed by atoms with E-state index in [2.05, 4.69) is 30.3 Å². The Hall–Kier alpha value is -3.20. The fourth-order valence-electron chi connectivity index (χ4n) is 2.63. The summed E-state index contributed by atoms with van der Waals surface area (Å²) in [6.45, 7) is 0. The van der Waals surface area contributed by atoms with E-state index in [4.69, 9.17) is 15.2 Å². The Morgan fingerprint density at radius 3 is 1.52 bits per heavy atom. The molecule has 0 bridgehead atoms. The molecule has 0 saturated carbocycles. The van der Waals surface area contributed by atoms with Gasteiger partial charge in [-0.05, 0) is 64.7 Å².